The van der Waals surface area contributed by atoms with Crippen LogP contribution in [0.15, 0.2) is 77.7 Å². The van der Waals surface area contributed by atoms with E-state index >= 15 is 0 Å². The van der Waals surface area contributed by atoms with E-state index in [0.29, 0.717) is 6.42 Å². The smallest absolute Gasteiger partial charge is 0.108 e. The number of hydrogen-bond acceptors (Lipinski definition) is 0. The van der Waals surface area contributed by atoms with Crippen LogP contribution in [0.4, 0.5) is 4.39 Å². The average Bonchev–Trinajstić information content (AvgIpc) is 2.88. The summed E-state index contributed by atoms with van der Waals surface area (Å²) < 4.78 is 14.6. The van der Waals surface area contributed by atoms with Crippen molar-refractivity contribution in [2.45, 2.75) is 106 Å². The van der Waals surface area contributed by atoms with E-state index in [4.69, 9.17) is 0 Å². The van der Waals surface area contributed by atoms with Crippen LogP contribution in [0.2, 0.25) is 0 Å². The highest BCUT2D eigenvalue weighted by molar-refractivity contribution is 6.00. The summed E-state index contributed by atoms with van der Waals surface area (Å²) >= 11 is 0. The lowest BCUT2D eigenvalue weighted by atomic mass is 9.84. The molecule has 0 spiro atoms. The molecular formula is C34H49F. The van der Waals surface area contributed by atoms with E-state index < -0.39 is 0 Å². The van der Waals surface area contributed by atoms with Crippen molar-refractivity contribution in [1.82, 2.24) is 0 Å². The van der Waals surface area contributed by atoms with Crippen LogP contribution in [0, 0.1) is 0 Å². The SMILES string of the molecule is C=C(/C(=C/C)C1=C(F)CCC=C1C)c1ccc(CCC)c2ccccc12.CC.CCCCCCC. The van der Waals surface area contributed by atoms with Crippen LogP contribution < -0.4 is 0 Å². The van der Waals surface area contributed by atoms with Gasteiger partial charge in [0.05, 0.1) is 0 Å². The van der Waals surface area contributed by atoms with Gasteiger partial charge < -0.3 is 0 Å². The number of rotatable bonds is 9. The van der Waals surface area contributed by atoms with E-state index in [9.17, 15) is 4.39 Å². The molecule has 2 aromatic carbocycles. The fourth-order valence-electron chi connectivity index (χ4n) is 4.62. The first kappa shape index (κ1) is 30.6. The molecule has 1 heteroatoms. The van der Waals surface area contributed by atoms with Crippen molar-refractivity contribution in [3.8, 4) is 0 Å². The van der Waals surface area contributed by atoms with Crippen molar-refractivity contribution in [2.75, 3.05) is 0 Å². The Balaban J connectivity index is 0.000000587. The predicted molar refractivity (Wildman–Crippen MR) is 158 cm³/mol. The summed E-state index contributed by atoms with van der Waals surface area (Å²) in [5.74, 6) is -0.0221. The van der Waals surface area contributed by atoms with Crippen molar-refractivity contribution in [3.05, 3.63) is 88.8 Å². The summed E-state index contributed by atoms with van der Waals surface area (Å²) in [6, 6.07) is 12.8. The summed E-state index contributed by atoms with van der Waals surface area (Å²) in [6.45, 7) is 19.0. The zero-order chi connectivity index (χ0) is 26.2. The molecule has 35 heavy (non-hydrogen) atoms. The van der Waals surface area contributed by atoms with Crippen molar-refractivity contribution < 1.29 is 4.39 Å². The number of aryl methyl sites for hydroxylation is 1. The van der Waals surface area contributed by atoms with Gasteiger partial charge in [-0.2, -0.15) is 0 Å². The van der Waals surface area contributed by atoms with Gasteiger partial charge in [-0.1, -0.05) is 128 Å². The summed E-state index contributed by atoms with van der Waals surface area (Å²) in [6.07, 6.45) is 14.6. The second-order valence-corrected chi connectivity index (χ2v) is 9.02. The van der Waals surface area contributed by atoms with Crippen LogP contribution in [0.25, 0.3) is 16.3 Å². The first-order valence-electron chi connectivity index (χ1n) is 13.9. The Labute approximate surface area is 215 Å². The molecule has 0 fully saturated rings. The van der Waals surface area contributed by atoms with Crippen LogP contribution >= 0.6 is 0 Å². The second-order valence-electron chi connectivity index (χ2n) is 9.02. The van der Waals surface area contributed by atoms with E-state index in [2.05, 4.69) is 69.8 Å². The lowest BCUT2D eigenvalue weighted by Crippen LogP contribution is -2.02. The number of benzene rings is 2. The Morgan fingerprint density at radius 2 is 1.54 bits per heavy atom. The molecule has 0 amide bonds. The van der Waals surface area contributed by atoms with Gasteiger partial charge in [0.15, 0.2) is 0 Å². The van der Waals surface area contributed by atoms with E-state index in [0.717, 1.165) is 47.1 Å². The Bertz CT molecular complexity index is 1010. The van der Waals surface area contributed by atoms with Crippen LogP contribution in [0.1, 0.15) is 111 Å². The highest BCUT2D eigenvalue weighted by atomic mass is 19.1. The maximum absolute atomic E-state index is 14.6. The van der Waals surface area contributed by atoms with Crippen molar-refractivity contribution >= 4 is 16.3 Å². The molecule has 2 aromatic rings. The van der Waals surface area contributed by atoms with Crippen molar-refractivity contribution in [2.24, 2.45) is 0 Å². The molecule has 0 saturated heterocycles. The predicted octanol–water partition coefficient (Wildman–Crippen LogP) is 11.7. The van der Waals surface area contributed by atoms with Crippen molar-refractivity contribution in [1.29, 1.82) is 0 Å². The summed E-state index contributed by atoms with van der Waals surface area (Å²) in [4.78, 5) is 0. The summed E-state index contributed by atoms with van der Waals surface area (Å²) in [5.41, 5.74) is 5.99. The van der Waals surface area contributed by atoms with Crippen LogP contribution in [-0.2, 0) is 6.42 Å². The van der Waals surface area contributed by atoms with Gasteiger partial charge in [-0.15, -0.1) is 0 Å². The van der Waals surface area contributed by atoms with E-state index in [1.807, 2.05) is 33.8 Å². The van der Waals surface area contributed by atoms with E-state index in [-0.39, 0.29) is 5.83 Å². The van der Waals surface area contributed by atoms with Gasteiger partial charge in [-0.25, -0.2) is 4.39 Å². The Morgan fingerprint density at radius 1 is 0.914 bits per heavy atom. The maximum atomic E-state index is 14.6. The molecule has 0 saturated carbocycles. The molecule has 1 aliphatic rings. The fourth-order valence-corrected chi connectivity index (χ4v) is 4.62. The highest BCUT2D eigenvalue weighted by Crippen LogP contribution is 2.39. The molecule has 0 bridgehead atoms. The van der Waals surface area contributed by atoms with E-state index in [1.165, 1.54) is 48.4 Å². The molecule has 0 nitrogen and oxygen atoms in total. The normalized spacial score (nSPS) is 13.5. The van der Waals surface area contributed by atoms with Gasteiger partial charge in [0.25, 0.3) is 0 Å². The molecule has 0 atom stereocenters. The van der Waals surface area contributed by atoms with Gasteiger partial charge in [0.1, 0.15) is 5.83 Å². The number of halogens is 1. The maximum Gasteiger partial charge on any atom is 0.108 e. The first-order valence-corrected chi connectivity index (χ1v) is 13.9. The largest absolute Gasteiger partial charge is 0.211 e. The molecule has 0 unspecified atom stereocenters. The van der Waals surface area contributed by atoms with Crippen LogP contribution in [-0.4, -0.2) is 0 Å². The Hall–Kier alpha value is -2.41. The minimum atomic E-state index is -0.0221. The molecular weight excluding hydrogens is 427 g/mol. The summed E-state index contributed by atoms with van der Waals surface area (Å²) in [7, 11) is 0. The number of hydrogen-bond donors (Lipinski definition) is 0. The highest BCUT2D eigenvalue weighted by Gasteiger charge is 2.20. The molecule has 0 aliphatic heterocycles. The third-order valence-electron chi connectivity index (χ3n) is 6.43. The minimum Gasteiger partial charge on any atom is -0.211 e. The van der Waals surface area contributed by atoms with Gasteiger partial charge >= 0.3 is 0 Å². The monoisotopic (exact) mass is 476 g/mol. The quantitative estimate of drug-likeness (QED) is 0.249. The van der Waals surface area contributed by atoms with E-state index in [1.54, 1.807) is 0 Å². The standard InChI is InChI=1S/C25H27F.C7H16.C2H6/c1-5-10-19-15-16-21(23-13-8-7-12-22(19)23)18(4)20(6-2)25-17(3)11-9-14-24(25)26;1-3-5-7-6-4-2;1-2/h6-8,11-13,15-16H,4-5,9-10,14H2,1-3H3;3-7H2,1-2H3;1-2H3/b20-6-;;. The second kappa shape index (κ2) is 17.1. The first-order chi connectivity index (χ1) is 17.0. The number of allylic oxidation sites excluding steroid dienone is 7. The fraction of sp³-hybridized carbons (Fsp3) is 0.471. The van der Waals surface area contributed by atoms with Gasteiger partial charge in [0.2, 0.25) is 0 Å². The number of fused-ring (bicyclic) bond motifs is 1. The third-order valence-corrected chi connectivity index (χ3v) is 6.43. The molecule has 0 N–H and O–H groups in total. The molecule has 192 valence electrons. The molecule has 0 aromatic heterocycles. The number of unbranched alkanes of at least 4 members (excludes halogenated alkanes) is 4. The van der Waals surface area contributed by atoms with Crippen LogP contribution in [0.3, 0.4) is 0 Å². The zero-order valence-electron chi connectivity index (χ0n) is 23.6. The molecule has 0 radical (unpaired) electrons. The zero-order valence-corrected chi connectivity index (χ0v) is 23.6. The van der Waals surface area contributed by atoms with Gasteiger partial charge in [-0.05, 0) is 65.3 Å². The van der Waals surface area contributed by atoms with Gasteiger partial charge in [0, 0.05) is 12.0 Å². The lowest BCUT2D eigenvalue weighted by molar-refractivity contribution is 0.577. The Morgan fingerprint density at radius 3 is 2.09 bits per heavy atom. The average molecular weight is 477 g/mol. The summed E-state index contributed by atoms with van der Waals surface area (Å²) in [5, 5.41) is 2.47. The molecule has 3 rings (SSSR count). The topological polar surface area (TPSA) is 0 Å². The van der Waals surface area contributed by atoms with Crippen LogP contribution in [0.5, 0.6) is 0 Å². The Kier molecular flexibility index (Phi) is 15.0. The van der Waals surface area contributed by atoms with Crippen molar-refractivity contribution in [3.63, 3.8) is 0 Å². The lowest BCUT2D eigenvalue weighted by Gasteiger charge is -2.21. The molecule has 1 aliphatic carbocycles. The minimum absolute atomic E-state index is 0.0221. The van der Waals surface area contributed by atoms with Gasteiger partial charge in [-0.3, -0.25) is 0 Å². The third kappa shape index (κ3) is 8.64. The molecule has 0 heterocycles.